The maximum Gasteiger partial charge on any atom is 0.336 e. The zero-order valence-corrected chi connectivity index (χ0v) is 10.9. The van der Waals surface area contributed by atoms with Crippen LogP contribution in [0.1, 0.15) is 0 Å². The van der Waals surface area contributed by atoms with Gasteiger partial charge in [-0.05, 0) is 0 Å². The fourth-order valence-electron chi connectivity index (χ4n) is 2.03. The third-order valence-electron chi connectivity index (χ3n) is 3.27. The molecule has 8 heteroatoms. The fraction of sp³-hybridized carbons (Fsp3) is 0.583. The molecule has 20 heavy (non-hydrogen) atoms. The second kappa shape index (κ2) is 4.88. The van der Waals surface area contributed by atoms with Crippen molar-refractivity contribution in [2.75, 3.05) is 13.2 Å². The van der Waals surface area contributed by atoms with Crippen LogP contribution in [0.4, 0.5) is 0 Å². The van der Waals surface area contributed by atoms with Crippen LogP contribution in [0, 0.1) is 0 Å². The summed E-state index contributed by atoms with van der Waals surface area (Å²) in [4.78, 5) is 36.7. The molecule has 0 amide bonds. The monoisotopic (exact) mass is 281 g/mol. The highest BCUT2D eigenvalue weighted by molar-refractivity contribution is 4.86. The molecule has 8 nitrogen and oxygen atoms in total. The molecule has 2 aliphatic rings. The van der Waals surface area contributed by atoms with Crippen molar-refractivity contribution >= 4 is 0 Å². The Balaban J connectivity index is 2.13. The largest absolute Gasteiger partial charge is 0.371 e. The van der Waals surface area contributed by atoms with Gasteiger partial charge >= 0.3 is 17.1 Å². The first kappa shape index (κ1) is 13.1. The molecule has 2 aliphatic heterocycles. The van der Waals surface area contributed by atoms with E-state index in [1.807, 2.05) is 0 Å². The normalized spacial score (nSPS) is 23.6. The molecule has 3 heterocycles. The van der Waals surface area contributed by atoms with Gasteiger partial charge in [-0.1, -0.05) is 6.08 Å². The Bertz CT molecular complexity index is 653. The van der Waals surface area contributed by atoms with E-state index >= 15 is 0 Å². The Morgan fingerprint density at radius 1 is 0.950 bits per heavy atom. The maximum absolute atomic E-state index is 12.3. The number of nitrogens with zero attached hydrogens (tertiary/aromatic N) is 3. The highest BCUT2D eigenvalue weighted by atomic mass is 16.6. The Hall–Kier alpha value is -1.93. The first-order valence-corrected chi connectivity index (χ1v) is 6.40. The summed E-state index contributed by atoms with van der Waals surface area (Å²) in [6.45, 7) is 4.97. The van der Waals surface area contributed by atoms with Crippen LogP contribution in [0.25, 0.3) is 0 Å². The molecule has 2 atom stereocenters. The molecule has 2 saturated heterocycles. The summed E-state index contributed by atoms with van der Waals surface area (Å²) in [6.07, 6.45) is 1.20. The highest BCUT2D eigenvalue weighted by Crippen LogP contribution is 2.10. The summed E-state index contributed by atoms with van der Waals surface area (Å²) in [6, 6.07) is 0. The van der Waals surface area contributed by atoms with Crippen LogP contribution in [0.5, 0.6) is 0 Å². The highest BCUT2D eigenvalue weighted by Gasteiger charge is 2.29. The van der Waals surface area contributed by atoms with E-state index in [2.05, 4.69) is 6.58 Å². The maximum atomic E-state index is 12.3. The van der Waals surface area contributed by atoms with Gasteiger partial charge in [0.15, 0.2) is 0 Å². The first-order chi connectivity index (χ1) is 9.61. The van der Waals surface area contributed by atoms with E-state index in [-0.39, 0.29) is 31.8 Å². The van der Waals surface area contributed by atoms with Gasteiger partial charge in [0.1, 0.15) is 0 Å². The Labute approximate surface area is 113 Å². The van der Waals surface area contributed by atoms with E-state index in [1.54, 1.807) is 0 Å². The number of allylic oxidation sites excluding steroid dienone is 1. The van der Waals surface area contributed by atoms with Crippen LogP contribution in [0.2, 0.25) is 0 Å². The van der Waals surface area contributed by atoms with Crippen LogP contribution in [0.15, 0.2) is 27.0 Å². The van der Waals surface area contributed by atoms with Crippen LogP contribution >= 0.6 is 0 Å². The molecular weight excluding hydrogens is 266 g/mol. The predicted molar refractivity (Wildman–Crippen MR) is 68.9 cm³/mol. The predicted octanol–water partition coefficient (Wildman–Crippen LogP) is -1.84. The van der Waals surface area contributed by atoms with Crippen molar-refractivity contribution in [2.24, 2.45) is 0 Å². The van der Waals surface area contributed by atoms with E-state index in [9.17, 15) is 14.4 Å². The lowest BCUT2D eigenvalue weighted by Crippen LogP contribution is -2.55. The molecule has 3 rings (SSSR count). The lowest BCUT2D eigenvalue weighted by atomic mass is 10.4. The molecule has 0 N–H and O–H groups in total. The molecule has 1 aromatic rings. The van der Waals surface area contributed by atoms with E-state index in [1.165, 1.54) is 6.08 Å². The van der Waals surface area contributed by atoms with Crippen molar-refractivity contribution < 1.29 is 9.47 Å². The van der Waals surface area contributed by atoms with Crippen LogP contribution < -0.4 is 17.1 Å². The average Bonchev–Trinajstić information content (AvgIpc) is 3.30. The minimum atomic E-state index is -0.622. The average molecular weight is 281 g/mol. The topological polar surface area (TPSA) is 91.1 Å². The zero-order valence-electron chi connectivity index (χ0n) is 10.9. The number of ether oxygens (including phenoxy) is 2. The SMILES string of the molecule is C=CCn1c(=O)n(C[C@H]2CO2)c(=O)n(C[C@H]2CO2)c1=O. The summed E-state index contributed by atoms with van der Waals surface area (Å²) in [7, 11) is 0. The zero-order chi connectivity index (χ0) is 14.3. The lowest BCUT2D eigenvalue weighted by molar-refractivity contribution is 0.343. The molecular formula is C12H15N3O5. The number of rotatable bonds is 6. The van der Waals surface area contributed by atoms with Crippen molar-refractivity contribution in [1.29, 1.82) is 0 Å². The van der Waals surface area contributed by atoms with Crippen molar-refractivity contribution in [3.8, 4) is 0 Å². The van der Waals surface area contributed by atoms with Gasteiger partial charge in [-0.25, -0.2) is 28.1 Å². The third-order valence-corrected chi connectivity index (χ3v) is 3.27. The minimum absolute atomic E-state index is 0.0645. The molecule has 0 aromatic carbocycles. The number of hydrogen-bond donors (Lipinski definition) is 0. The van der Waals surface area contributed by atoms with E-state index < -0.39 is 17.1 Å². The Morgan fingerprint density at radius 3 is 1.70 bits per heavy atom. The summed E-state index contributed by atoms with van der Waals surface area (Å²) in [5.41, 5.74) is -1.85. The third kappa shape index (κ3) is 2.39. The number of epoxide rings is 2. The van der Waals surface area contributed by atoms with Crippen molar-refractivity contribution in [3.63, 3.8) is 0 Å². The minimum Gasteiger partial charge on any atom is -0.371 e. The first-order valence-electron chi connectivity index (χ1n) is 6.40. The lowest BCUT2D eigenvalue weighted by Gasteiger charge is -2.11. The summed E-state index contributed by atoms with van der Waals surface area (Å²) >= 11 is 0. The molecule has 0 aliphatic carbocycles. The molecule has 0 saturated carbocycles. The van der Waals surface area contributed by atoms with Gasteiger partial charge in [0, 0.05) is 0 Å². The number of hydrogen-bond acceptors (Lipinski definition) is 5. The fourth-order valence-corrected chi connectivity index (χ4v) is 2.03. The van der Waals surface area contributed by atoms with Gasteiger partial charge in [-0.2, -0.15) is 0 Å². The van der Waals surface area contributed by atoms with Crippen molar-refractivity contribution in [2.45, 2.75) is 31.8 Å². The summed E-state index contributed by atoms with van der Waals surface area (Å²) in [5, 5.41) is 0. The quantitative estimate of drug-likeness (QED) is 0.451. The van der Waals surface area contributed by atoms with Crippen molar-refractivity contribution in [3.05, 3.63) is 44.1 Å². The van der Waals surface area contributed by atoms with E-state index in [0.717, 1.165) is 13.7 Å². The van der Waals surface area contributed by atoms with E-state index in [0.29, 0.717) is 13.2 Å². The molecule has 0 spiro atoms. The Morgan fingerprint density at radius 2 is 1.35 bits per heavy atom. The molecule has 0 radical (unpaired) electrons. The van der Waals surface area contributed by atoms with Crippen molar-refractivity contribution in [1.82, 2.24) is 13.7 Å². The summed E-state index contributed by atoms with van der Waals surface area (Å²) in [5.74, 6) is 0. The Kier molecular flexibility index (Phi) is 3.19. The molecule has 0 unspecified atom stereocenters. The van der Waals surface area contributed by atoms with Gasteiger partial charge in [0.25, 0.3) is 0 Å². The molecule has 108 valence electrons. The smallest absolute Gasteiger partial charge is 0.336 e. The van der Waals surface area contributed by atoms with Gasteiger partial charge in [-0.3, -0.25) is 0 Å². The van der Waals surface area contributed by atoms with Crippen LogP contribution in [-0.4, -0.2) is 39.1 Å². The summed E-state index contributed by atoms with van der Waals surface area (Å²) < 4.78 is 13.2. The van der Waals surface area contributed by atoms with Gasteiger partial charge in [0.2, 0.25) is 0 Å². The van der Waals surface area contributed by atoms with E-state index in [4.69, 9.17) is 9.47 Å². The second-order valence-electron chi connectivity index (χ2n) is 4.88. The molecule has 2 fully saturated rings. The second-order valence-corrected chi connectivity index (χ2v) is 4.88. The van der Waals surface area contributed by atoms with Gasteiger partial charge in [0.05, 0.1) is 45.1 Å². The standard InChI is InChI=1S/C12H15N3O5/c1-2-3-13-10(16)14(4-8-6-19-8)12(18)15(11(13)17)5-9-7-20-9/h2,8-9H,1,3-7H2/t8-,9-/m0/s1. The molecule has 0 bridgehead atoms. The number of aromatic nitrogens is 3. The molecule has 1 aromatic heterocycles. The van der Waals surface area contributed by atoms with Crippen LogP contribution in [-0.2, 0) is 29.1 Å². The van der Waals surface area contributed by atoms with Gasteiger partial charge in [-0.15, -0.1) is 6.58 Å². The van der Waals surface area contributed by atoms with Gasteiger partial charge < -0.3 is 9.47 Å². The van der Waals surface area contributed by atoms with Crippen LogP contribution in [0.3, 0.4) is 0 Å².